The van der Waals surface area contributed by atoms with Crippen LogP contribution in [0.5, 0.6) is 0 Å². The zero-order chi connectivity index (χ0) is 15.2. The summed E-state index contributed by atoms with van der Waals surface area (Å²) in [6, 6.07) is 10.4. The maximum absolute atomic E-state index is 11.6. The van der Waals surface area contributed by atoms with Crippen molar-refractivity contribution in [2.75, 3.05) is 0 Å². The van der Waals surface area contributed by atoms with Crippen molar-refractivity contribution in [2.45, 2.75) is 11.8 Å². The summed E-state index contributed by atoms with van der Waals surface area (Å²) in [5.41, 5.74) is 3.03. The first-order valence-corrected chi connectivity index (χ1v) is 7.81. The van der Waals surface area contributed by atoms with E-state index in [2.05, 4.69) is 5.10 Å². The van der Waals surface area contributed by atoms with Crippen molar-refractivity contribution in [3.8, 4) is 11.1 Å². The van der Waals surface area contributed by atoms with E-state index in [9.17, 15) is 13.0 Å². The van der Waals surface area contributed by atoms with Crippen LogP contribution in [0.4, 0.5) is 0 Å². The van der Waals surface area contributed by atoms with Gasteiger partial charge < -0.3 is 0 Å². The summed E-state index contributed by atoms with van der Waals surface area (Å²) in [4.78, 5) is -0.0931. The molecule has 5 nitrogen and oxygen atoms in total. The van der Waals surface area contributed by atoms with Crippen LogP contribution in [0.2, 0.25) is 0 Å². The minimum absolute atomic E-state index is 0.0931. The number of rotatable bonds is 2. The lowest BCUT2D eigenvalue weighted by Gasteiger charge is -2.10. The molecule has 0 amide bonds. The molecule has 0 aliphatic rings. The molecule has 0 aliphatic carbocycles. The molecule has 0 aliphatic heterocycles. The fraction of sp³-hybridized carbons (Fsp3) is 0.133. The van der Waals surface area contributed by atoms with E-state index in [0.717, 1.165) is 22.0 Å². The van der Waals surface area contributed by atoms with Gasteiger partial charge in [0.15, 0.2) is 0 Å². The Morgan fingerprint density at radius 3 is 2.62 bits per heavy atom. The summed E-state index contributed by atoms with van der Waals surface area (Å²) >= 11 is 0. The molecule has 3 aromatic rings. The van der Waals surface area contributed by atoms with Crippen molar-refractivity contribution in [2.24, 2.45) is 7.05 Å². The lowest BCUT2D eigenvalue weighted by Crippen LogP contribution is -2.01. The van der Waals surface area contributed by atoms with Crippen molar-refractivity contribution < 1.29 is 13.0 Å². The molecule has 0 fully saturated rings. The van der Waals surface area contributed by atoms with Gasteiger partial charge in [0.1, 0.15) is 4.90 Å². The van der Waals surface area contributed by atoms with Gasteiger partial charge in [0, 0.05) is 18.0 Å². The predicted octanol–water partition coefficient (Wildman–Crippen LogP) is 2.80. The highest BCUT2D eigenvalue weighted by molar-refractivity contribution is 7.86. The third-order valence-corrected chi connectivity index (χ3v) is 4.41. The second-order valence-electron chi connectivity index (χ2n) is 4.98. The van der Waals surface area contributed by atoms with Crippen LogP contribution in [-0.4, -0.2) is 22.8 Å². The molecule has 1 N–H and O–H groups in total. The zero-order valence-corrected chi connectivity index (χ0v) is 12.4. The smallest absolute Gasteiger partial charge is 0.282 e. The van der Waals surface area contributed by atoms with Crippen LogP contribution in [0.15, 0.2) is 47.5 Å². The molecular weight excluding hydrogens is 288 g/mol. The van der Waals surface area contributed by atoms with Crippen molar-refractivity contribution >= 4 is 21.0 Å². The molecule has 0 spiro atoms. The molecule has 0 saturated carbocycles. The van der Waals surface area contributed by atoms with E-state index >= 15 is 0 Å². The molecule has 0 radical (unpaired) electrons. The minimum atomic E-state index is -4.29. The predicted molar refractivity (Wildman–Crippen MR) is 80.7 cm³/mol. The number of hydrogen-bond donors (Lipinski definition) is 1. The summed E-state index contributed by atoms with van der Waals surface area (Å²) in [5.74, 6) is 0. The first-order chi connectivity index (χ1) is 9.88. The molecular formula is C15H14N2O3S. The van der Waals surface area contributed by atoms with Gasteiger partial charge in [-0.3, -0.25) is 9.23 Å². The first-order valence-electron chi connectivity index (χ1n) is 6.37. The number of nitrogens with zero attached hydrogens (tertiary/aromatic N) is 2. The van der Waals surface area contributed by atoms with Gasteiger partial charge in [0.05, 0.1) is 11.7 Å². The van der Waals surface area contributed by atoms with Crippen LogP contribution < -0.4 is 0 Å². The van der Waals surface area contributed by atoms with Gasteiger partial charge in [0.2, 0.25) is 0 Å². The second-order valence-corrected chi connectivity index (χ2v) is 6.37. The third kappa shape index (κ3) is 2.32. The average Bonchev–Trinajstić information content (AvgIpc) is 2.79. The Labute approximate surface area is 122 Å². The standard InChI is InChI=1S/C15H14N2O3S/c1-10-6-7-15(21(18,19)20)12(8-10)11-4-3-5-14-13(11)9-16-17(14)2/h3-9H,1-2H3,(H,18,19,20). The Balaban J connectivity index is 2.41. The molecule has 0 atom stereocenters. The van der Waals surface area contributed by atoms with E-state index in [4.69, 9.17) is 0 Å². The van der Waals surface area contributed by atoms with Crippen LogP contribution in [0.3, 0.4) is 0 Å². The highest BCUT2D eigenvalue weighted by Crippen LogP contribution is 2.33. The fourth-order valence-electron chi connectivity index (χ4n) is 2.49. The molecule has 1 aromatic heterocycles. The largest absolute Gasteiger partial charge is 0.295 e. The maximum Gasteiger partial charge on any atom is 0.295 e. The van der Waals surface area contributed by atoms with Crippen LogP contribution in [0.25, 0.3) is 22.0 Å². The van der Waals surface area contributed by atoms with Crippen LogP contribution in [0, 0.1) is 6.92 Å². The Kier molecular flexibility index (Phi) is 3.07. The summed E-state index contributed by atoms with van der Waals surface area (Å²) in [6.07, 6.45) is 1.70. The molecule has 108 valence electrons. The molecule has 2 aromatic carbocycles. The van der Waals surface area contributed by atoms with E-state index in [0.29, 0.717) is 5.56 Å². The number of fused-ring (bicyclic) bond motifs is 1. The number of aromatic nitrogens is 2. The van der Waals surface area contributed by atoms with E-state index in [1.54, 1.807) is 23.0 Å². The van der Waals surface area contributed by atoms with Gasteiger partial charge in [-0.1, -0.05) is 29.8 Å². The van der Waals surface area contributed by atoms with E-state index in [1.165, 1.54) is 6.07 Å². The number of aryl methyl sites for hydroxylation is 2. The van der Waals surface area contributed by atoms with Crippen LogP contribution >= 0.6 is 0 Å². The van der Waals surface area contributed by atoms with Crippen molar-refractivity contribution in [1.29, 1.82) is 0 Å². The molecule has 3 rings (SSSR count). The minimum Gasteiger partial charge on any atom is -0.282 e. The molecule has 21 heavy (non-hydrogen) atoms. The topological polar surface area (TPSA) is 72.2 Å². The van der Waals surface area contributed by atoms with Gasteiger partial charge in [-0.05, 0) is 24.6 Å². The molecule has 0 unspecified atom stereocenters. The van der Waals surface area contributed by atoms with Gasteiger partial charge in [-0.25, -0.2) is 0 Å². The van der Waals surface area contributed by atoms with E-state index in [-0.39, 0.29) is 4.90 Å². The van der Waals surface area contributed by atoms with Gasteiger partial charge >= 0.3 is 0 Å². The number of benzene rings is 2. The Morgan fingerprint density at radius 2 is 1.90 bits per heavy atom. The lowest BCUT2D eigenvalue weighted by atomic mass is 10.0. The zero-order valence-electron chi connectivity index (χ0n) is 11.6. The van der Waals surface area contributed by atoms with Crippen molar-refractivity contribution in [3.63, 3.8) is 0 Å². The summed E-state index contributed by atoms with van der Waals surface area (Å²) in [5, 5.41) is 5.04. The van der Waals surface area contributed by atoms with Crippen molar-refractivity contribution in [3.05, 3.63) is 48.2 Å². The maximum atomic E-state index is 11.6. The summed E-state index contributed by atoms with van der Waals surface area (Å²) < 4.78 is 34.4. The number of hydrogen-bond acceptors (Lipinski definition) is 3. The summed E-state index contributed by atoms with van der Waals surface area (Å²) in [6.45, 7) is 1.88. The molecule has 1 heterocycles. The Bertz CT molecular complexity index is 943. The first kappa shape index (κ1) is 13.8. The quantitative estimate of drug-likeness (QED) is 0.739. The molecule has 6 heteroatoms. The third-order valence-electron chi connectivity index (χ3n) is 3.49. The van der Waals surface area contributed by atoms with E-state index < -0.39 is 10.1 Å². The fourth-order valence-corrected chi connectivity index (χ4v) is 3.18. The average molecular weight is 302 g/mol. The van der Waals surface area contributed by atoms with Crippen molar-refractivity contribution in [1.82, 2.24) is 9.78 Å². The van der Waals surface area contributed by atoms with E-state index in [1.807, 2.05) is 32.2 Å². The van der Waals surface area contributed by atoms with Gasteiger partial charge in [-0.15, -0.1) is 0 Å². The summed E-state index contributed by atoms with van der Waals surface area (Å²) in [7, 11) is -2.46. The molecule has 0 saturated heterocycles. The molecule has 0 bridgehead atoms. The Hall–Kier alpha value is -2.18. The SMILES string of the molecule is Cc1ccc(S(=O)(=O)O)c(-c2cccc3c2cnn3C)c1. The van der Waals surface area contributed by atoms with Crippen LogP contribution in [-0.2, 0) is 17.2 Å². The van der Waals surface area contributed by atoms with Gasteiger partial charge in [0.25, 0.3) is 10.1 Å². The van der Waals surface area contributed by atoms with Gasteiger partial charge in [-0.2, -0.15) is 13.5 Å². The Morgan fingerprint density at radius 1 is 1.14 bits per heavy atom. The normalized spacial score (nSPS) is 12.0. The highest BCUT2D eigenvalue weighted by Gasteiger charge is 2.18. The highest BCUT2D eigenvalue weighted by atomic mass is 32.2. The lowest BCUT2D eigenvalue weighted by molar-refractivity contribution is 0.483. The monoisotopic (exact) mass is 302 g/mol. The van der Waals surface area contributed by atoms with Crippen LogP contribution in [0.1, 0.15) is 5.56 Å². The second kappa shape index (κ2) is 4.68.